The molecule has 0 aliphatic carbocycles. The molecule has 132 valence electrons. The maximum atomic E-state index is 13.6. The minimum atomic E-state index is -0.440. The zero-order valence-corrected chi connectivity index (χ0v) is 14.5. The molecule has 2 amide bonds. The molecule has 0 radical (unpaired) electrons. The van der Waals surface area contributed by atoms with Crippen LogP contribution in [-0.4, -0.2) is 79.4 Å². The van der Waals surface area contributed by atoms with E-state index in [-0.39, 0.29) is 23.5 Å². The van der Waals surface area contributed by atoms with Crippen LogP contribution < -0.4 is 5.32 Å². The number of likely N-dealkylation sites (N-methyl/N-ethyl adjacent to an activating group) is 1. The number of nitrogens with one attached hydrogen (secondary N) is 1. The van der Waals surface area contributed by atoms with Gasteiger partial charge in [0.2, 0.25) is 11.8 Å². The number of carbonyl (C=O) groups is 2. The molecule has 6 nitrogen and oxygen atoms in total. The summed E-state index contributed by atoms with van der Waals surface area (Å²) in [6.45, 7) is 5.08. The van der Waals surface area contributed by atoms with E-state index in [2.05, 4.69) is 10.2 Å². The van der Waals surface area contributed by atoms with E-state index in [4.69, 9.17) is 0 Å². The number of piperazine rings is 1. The van der Waals surface area contributed by atoms with Crippen molar-refractivity contribution >= 4 is 17.5 Å². The Kier molecular flexibility index (Phi) is 6.28. The summed E-state index contributed by atoms with van der Waals surface area (Å²) in [5, 5.41) is 2.64. The van der Waals surface area contributed by atoms with Crippen molar-refractivity contribution < 1.29 is 14.0 Å². The normalized spacial score (nSPS) is 17.3. The Hall–Kier alpha value is -1.99. The van der Waals surface area contributed by atoms with Gasteiger partial charge in [-0.15, -0.1) is 0 Å². The van der Waals surface area contributed by atoms with Gasteiger partial charge in [0.25, 0.3) is 0 Å². The topological polar surface area (TPSA) is 55.9 Å². The third-order valence-electron chi connectivity index (χ3n) is 4.32. The number of amides is 2. The summed E-state index contributed by atoms with van der Waals surface area (Å²) in [6.07, 6.45) is 0. The highest BCUT2D eigenvalue weighted by Crippen LogP contribution is 2.14. The van der Waals surface area contributed by atoms with E-state index in [0.717, 1.165) is 13.1 Å². The molecule has 1 atom stereocenters. The first-order valence-electron chi connectivity index (χ1n) is 8.10. The SMILES string of the molecule is C[C@H](C(=O)Nc1ccccc1F)N1CCN(CC(=O)N(C)C)CC1. The van der Waals surface area contributed by atoms with Gasteiger partial charge in [0, 0.05) is 40.3 Å². The summed E-state index contributed by atoms with van der Waals surface area (Å²) < 4.78 is 13.6. The van der Waals surface area contributed by atoms with Crippen LogP contribution in [0.25, 0.3) is 0 Å². The fourth-order valence-electron chi connectivity index (χ4n) is 2.61. The number of anilines is 1. The maximum Gasteiger partial charge on any atom is 0.241 e. The minimum absolute atomic E-state index is 0.0776. The highest BCUT2D eigenvalue weighted by Gasteiger charge is 2.26. The molecule has 7 heteroatoms. The molecule has 1 aliphatic heterocycles. The molecule has 0 aromatic heterocycles. The number of nitrogens with zero attached hydrogens (tertiary/aromatic N) is 3. The van der Waals surface area contributed by atoms with Crippen molar-refractivity contribution in [2.75, 3.05) is 52.1 Å². The Bertz CT molecular complexity index is 586. The molecule has 1 aromatic rings. The van der Waals surface area contributed by atoms with Crippen LogP contribution in [0.1, 0.15) is 6.92 Å². The van der Waals surface area contributed by atoms with Gasteiger partial charge in [-0.05, 0) is 19.1 Å². The van der Waals surface area contributed by atoms with Crippen LogP contribution in [0.3, 0.4) is 0 Å². The lowest BCUT2D eigenvalue weighted by molar-refractivity contribution is -0.131. The number of para-hydroxylation sites is 1. The van der Waals surface area contributed by atoms with E-state index in [1.807, 2.05) is 11.8 Å². The molecule has 1 fully saturated rings. The number of hydrogen-bond acceptors (Lipinski definition) is 4. The fourth-order valence-corrected chi connectivity index (χ4v) is 2.61. The van der Waals surface area contributed by atoms with E-state index >= 15 is 0 Å². The molecule has 1 N–H and O–H groups in total. The Labute approximate surface area is 142 Å². The summed E-state index contributed by atoms with van der Waals surface area (Å²) >= 11 is 0. The predicted molar refractivity (Wildman–Crippen MR) is 91.2 cm³/mol. The van der Waals surface area contributed by atoms with Crippen molar-refractivity contribution in [1.29, 1.82) is 0 Å². The molecule has 0 unspecified atom stereocenters. The molecule has 0 bridgehead atoms. The van der Waals surface area contributed by atoms with Gasteiger partial charge in [-0.1, -0.05) is 12.1 Å². The summed E-state index contributed by atoms with van der Waals surface area (Å²) in [6, 6.07) is 5.79. The Morgan fingerprint density at radius 3 is 2.42 bits per heavy atom. The predicted octanol–water partition coefficient (Wildman–Crippen LogP) is 0.858. The molecule has 0 saturated carbocycles. The molecule has 1 aromatic carbocycles. The summed E-state index contributed by atoms with van der Waals surface area (Å²) in [5.41, 5.74) is 0.199. The third kappa shape index (κ3) is 4.75. The van der Waals surface area contributed by atoms with Crippen molar-refractivity contribution in [2.45, 2.75) is 13.0 Å². The zero-order chi connectivity index (χ0) is 17.7. The average Bonchev–Trinajstić information content (AvgIpc) is 2.56. The second-order valence-electron chi connectivity index (χ2n) is 6.25. The molecule has 1 heterocycles. The Balaban J connectivity index is 1.84. The van der Waals surface area contributed by atoms with Crippen LogP contribution >= 0.6 is 0 Å². The first kappa shape index (κ1) is 18.4. The number of halogens is 1. The van der Waals surface area contributed by atoms with Gasteiger partial charge in [-0.25, -0.2) is 4.39 Å². The quantitative estimate of drug-likeness (QED) is 0.866. The molecule has 2 rings (SSSR count). The van der Waals surface area contributed by atoms with Crippen molar-refractivity contribution in [1.82, 2.24) is 14.7 Å². The van der Waals surface area contributed by atoms with Crippen LogP contribution in [0.15, 0.2) is 24.3 Å². The van der Waals surface area contributed by atoms with Crippen LogP contribution in [-0.2, 0) is 9.59 Å². The first-order valence-corrected chi connectivity index (χ1v) is 8.10. The van der Waals surface area contributed by atoms with Gasteiger partial charge in [-0.2, -0.15) is 0 Å². The van der Waals surface area contributed by atoms with Crippen LogP contribution in [0, 0.1) is 5.82 Å². The molecule has 1 saturated heterocycles. The first-order chi connectivity index (χ1) is 11.4. The number of carbonyl (C=O) groups excluding carboxylic acids is 2. The highest BCUT2D eigenvalue weighted by molar-refractivity contribution is 5.94. The van der Waals surface area contributed by atoms with E-state index in [0.29, 0.717) is 19.6 Å². The largest absolute Gasteiger partial charge is 0.348 e. The molecule has 24 heavy (non-hydrogen) atoms. The smallest absolute Gasteiger partial charge is 0.241 e. The monoisotopic (exact) mass is 336 g/mol. The van der Waals surface area contributed by atoms with Crippen LogP contribution in [0.2, 0.25) is 0 Å². The van der Waals surface area contributed by atoms with Gasteiger partial charge in [0.1, 0.15) is 5.82 Å². The number of benzene rings is 1. The van der Waals surface area contributed by atoms with Gasteiger partial charge in [0.05, 0.1) is 18.3 Å². The lowest BCUT2D eigenvalue weighted by Gasteiger charge is -2.37. The molecule has 0 spiro atoms. The average molecular weight is 336 g/mol. The molecule has 1 aliphatic rings. The van der Waals surface area contributed by atoms with Crippen LogP contribution in [0.4, 0.5) is 10.1 Å². The summed E-state index contributed by atoms with van der Waals surface area (Å²) in [5.74, 6) is -0.586. The summed E-state index contributed by atoms with van der Waals surface area (Å²) in [7, 11) is 3.49. The van der Waals surface area contributed by atoms with Crippen LogP contribution in [0.5, 0.6) is 0 Å². The third-order valence-corrected chi connectivity index (χ3v) is 4.32. The Morgan fingerprint density at radius 2 is 1.83 bits per heavy atom. The zero-order valence-electron chi connectivity index (χ0n) is 14.5. The van der Waals surface area contributed by atoms with Gasteiger partial charge < -0.3 is 10.2 Å². The van der Waals surface area contributed by atoms with Crippen molar-refractivity contribution in [2.24, 2.45) is 0 Å². The van der Waals surface area contributed by atoms with E-state index in [9.17, 15) is 14.0 Å². The van der Waals surface area contributed by atoms with E-state index in [1.165, 1.54) is 6.07 Å². The highest BCUT2D eigenvalue weighted by atomic mass is 19.1. The Morgan fingerprint density at radius 1 is 1.21 bits per heavy atom. The molecular formula is C17H25FN4O2. The number of hydrogen-bond donors (Lipinski definition) is 1. The number of rotatable bonds is 5. The summed E-state index contributed by atoms with van der Waals surface area (Å²) in [4.78, 5) is 29.8. The van der Waals surface area contributed by atoms with Crippen molar-refractivity contribution in [3.8, 4) is 0 Å². The second kappa shape index (κ2) is 8.21. The lowest BCUT2D eigenvalue weighted by atomic mass is 10.2. The van der Waals surface area contributed by atoms with Gasteiger partial charge in [-0.3, -0.25) is 19.4 Å². The minimum Gasteiger partial charge on any atom is -0.348 e. The lowest BCUT2D eigenvalue weighted by Crippen LogP contribution is -2.54. The molecular weight excluding hydrogens is 311 g/mol. The van der Waals surface area contributed by atoms with Gasteiger partial charge >= 0.3 is 0 Å². The maximum absolute atomic E-state index is 13.6. The standard InChI is InChI=1S/C17H25FN4O2/c1-13(17(24)19-15-7-5-4-6-14(15)18)22-10-8-21(9-11-22)12-16(23)20(2)3/h4-7,13H,8-12H2,1-3H3,(H,19,24)/t13-/m1/s1. The second-order valence-corrected chi connectivity index (χ2v) is 6.25. The van der Waals surface area contributed by atoms with Crippen molar-refractivity contribution in [3.63, 3.8) is 0 Å². The van der Waals surface area contributed by atoms with E-state index in [1.54, 1.807) is 37.2 Å². The van der Waals surface area contributed by atoms with Crippen molar-refractivity contribution in [3.05, 3.63) is 30.1 Å². The van der Waals surface area contributed by atoms with E-state index < -0.39 is 5.82 Å². The van der Waals surface area contributed by atoms with Gasteiger partial charge in [0.15, 0.2) is 0 Å². The fraction of sp³-hybridized carbons (Fsp3) is 0.529.